The topological polar surface area (TPSA) is 59.3 Å². The highest BCUT2D eigenvalue weighted by Crippen LogP contribution is 2.21. The summed E-state index contributed by atoms with van der Waals surface area (Å²) in [6, 6.07) is 7.10. The van der Waals surface area contributed by atoms with E-state index >= 15 is 0 Å². The molecule has 3 aromatic rings. The number of hydrogen-bond acceptors (Lipinski definition) is 3. The van der Waals surface area contributed by atoms with E-state index < -0.39 is 0 Å². The van der Waals surface area contributed by atoms with Crippen molar-refractivity contribution in [3.05, 3.63) is 59.0 Å². The van der Waals surface area contributed by atoms with E-state index in [0.717, 1.165) is 5.56 Å². The number of hydrogen-bond donors (Lipinski definition) is 1. The molecule has 1 amide bonds. The predicted octanol–water partition coefficient (Wildman–Crippen LogP) is 2.94. The van der Waals surface area contributed by atoms with Crippen LogP contribution in [-0.4, -0.2) is 20.5 Å². The van der Waals surface area contributed by atoms with Crippen molar-refractivity contribution < 1.29 is 4.79 Å². The number of rotatable bonds is 2. The van der Waals surface area contributed by atoms with Crippen LogP contribution in [0.3, 0.4) is 0 Å². The third kappa shape index (κ3) is 2.23. The maximum absolute atomic E-state index is 12.3. The molecule has 0 saturated carbocycles. The van der Waals surface area contributed by atoms with Gasteiger partial charge in [-0.2, -0.15) is 5.10 Å². The van der Waals surface area contributed by atoms with E-state index in [1.54, 1.807) is 35.1 Å². The van der Waals surface area contributed by atoms with Gasteiger partial charge in [-0.3, -0.25) is 4.79 Å². The molecule has 0 unspecified atom stereocenters. The summed E-state index contributed by atoms with van der Waals surface area (Å²) in [6.07, 6.45) is 4.86. The van der Waals surface area contributed by atoms with Gasteiger partial charge in [0, 0.05) is 23.1 Å². The fourth-order valence-corrected chi connectivity index (χ4v) is 2.08. The van der Waals surface area contributed by atoms with Gasteiger partial charge in [0.05, 0.1) is 6.20 Å². The molecule has 0 radical (unpaired) electrons. The van der Waals surface area contributed by atoms with Crippen LogP contribution in [0.5, 0.6) is 0 Å². The Labute approximate surface area is 120 Å². The van der Waals surface area contributed by atoms with Gasteiger partial charge in [0.1, 0.15) is 5.56 Å². The lowest BCUT2D eigenvalue weighted by molar-refractivity contribution is 0.102. The molecule has 0 spiro atoms. The summed E-state index contributed by atoms with van der Waals surface area (Å²) in [7, 11) is 0. The molecule has 20 heavy (non-hydrogen) atoms. The molecule has 0 bridgehead atoms. The van der Waals surface area contributed by atoms with Crippen LogP contribution in [-0.2, 0) is 0 Å². The van der Waals surface area contributed by atoms with E-state index in [0.29, 0.717) is 21.9 Å². The molecular weight excluding hydrogens is 276 g/mol. The van der Waals surface area contributed by atoms with Crippen LogP contribution >= 0.6 is 11.6 Å². The average Bonchev–Trinajstić information content (AvgIpc) is 2.87. The standard InChI is InChI=1S/C14H11ClN4O/c1-9-3-4-10(15)7-12(9)18-14(20)11-8-17-19-6-2-5-16-13(11)19/h2-8H,1H3,(H,18,20). The van der Waals surface area contributed by atoms with Gasteiger partial charge in [-0.15, -0.1) is 0 Å². The van der Waals surface area contributed by atoms with Crippen molar-refractivity contribution in [1.82, 2.24) is 14.6 Å². The van der Waals surface area contributed by atoms with Crippen molar-refractivity contribution in [2.45, 2.75) is 6.92 Å². The molecule has 1 aromatic carbocycles. The molecule has 0 aliphatic rings. The molecule has 0 saturated heterocycles. The number of anilines is 1. The summed E-state index contributed by atoms with van der Waals surface area (Å²) < 4.78 is 1.56. The molecule has 3 rings (SSSR count). The molecule has 0 aliphatic carbocycles. The van der Waals surface area contributed by atoms with E-state index in [2.05, 4.69) is 15.4 Å². The third-order valence-corrected chi connectivity index (χ3v) is 3.21. The zero-order valence-corrected chi connectivity index (χ0v) is 11.4. The molecule has 0 atom stereocenters. The first-order valence-corrected chi connectivity index (χ1v) is 6.39. The van der Waals surface area contributed by atoms with Crippen molar-refractivity contribution in [3.63, 3.8) is 0 Å². The van der Waals surface area contributed by atoms with E-state index in [-0.39, 0.29) is 5.91 Å². The fourth-order valence-electron chi connectivity index (χ4n) is 1.91. The first kappa shape index (κ1) is 12.6. The Hall–Kier alpha value is -2.40. The summed E-state index contributed by atoms with van der Waals surface area (Å²) >= 11 is 5.94. The molecule has 2 aromatic heterocycles. The van der Waals surface area contributed by atoms with E-state index in [1.807, 2.05) is 13.0 Å². The van der Waals surface area contributed by atoms with Crippen LogP contribution < -0.4 is 5.32 Å². The Balaban J connectivity index is 1.95. The minimum Gasteiger partial charge on any atom is -0.322 e. The lowest BCUT2D eigenvalue weighted by Crippen LogP contribution is -2.12. The highest BCUT2D eigenvalue weighted by molar-refractivity contribution is 6.31. The smallest absolute Gasteiger partial charge is 0.261 e. The number of halogens is 1. The third-order valence-electron chi connectivity index (χ3n) is 2.97. The van der Waals surface area contributed by atoms with Gasteiger partial charge < -0.3 is 5.32 Å². The first-order chi connectivity index (χ1) is 9.65. The van der Waals surface area contributed by atoms with Crippen molar-refractivity contribution in [2.24, 2.45) is 0 Å². The van der Waals surface area contributed by atoms with Gasteiger partial charge in [-0.05, 0) is 30.7 Å². The average molecular weight is 287 g/mol. The Morgan fingerprint density at radius 2 is 2.25 bits per heavy atom. The lowest BCUT2D eigenvalue weighted by Gasteiger charge is -2.07. The Kier molecular flexibility index (Phi) is 3.12. The van der Waals surface area contributed by atoms with Crippen LogP contribution in [0, 0.1) is 6.92 Å². The second-order valence-electron chi connectivity index (χ2n) is 4.36. The second kappa shape index (κ2) is 4.94. The maximum Gasteiger partial charge on any atom is 0.261 e. The maximum atomic E-state index is 12.3. The fraction of sp³-hybridized carbons (Fsp3) is 0.0714. The molecule has 5 nitrogen and oxygen atoms in total. The van der Waals surface area contributed by atoms with Gasteiger partial charge in [0.15, 0.2) is 5.65 Å². The summed E-state index contributed by atoms with van der Waals surface area (Å²) in [4.78, 5) is 16.5. The quantitative estimate of drug-likeness (QED) is 0.788. The van der Waals surface area contributed by atoms with E-state index in [1.165, 1.54) is 6.20 Å². The van der Waals surface area contributed by atoms with Gasteiger partial charge in [0.2, 0.25) is 0 Å². The molecule has 100 valence electrons. The lowest BCUT2D eigenvalue weighted by atomic mass is 10.2. The Morgan fingerprint density at radius 1 is 1.40 bits per heavy atom. The largest absolute Gasteiger partial charge is 0.322 e. The molecule has 2 heterocycles. The number of carbonyl (C=O) groups is 1. The van der Waals surface area contributed by atoms with Crippen molar-refractivity contribution in [1.29, 1.82) is 0 Å². The van der Waals surface area contributed by atoms with Gasteiger partial charge in [0.25, 0.3) is 5.91 Å². The number of fused-ring (bicyclic) bond motifs is 1. The predicted molar refractivity (Wildman–Crippen MR) is 77.1 cm³/mol. The summed E-state index contributed by atoms with van der Waals surface area (Å²) in [5, 5.41) is 7.49. The van der Waals surface area contributed by atoms with Gasteiger partial charge in [-0.25, -0.2) is 9.50 Å². The van der Waals surface area contributed by atoms with Crippen LogP contribution in [0.1, 0.15) is 15.9 Å². The number of aryl methyl sites for hydroxylation is 1. The van der Waals surface area contributed by atoms with Crippen molar-refractivity contribution >= 4 is 28.8 Å². The second-order valence-corrected chi connectivity index (χ2v) is 4.80. The van der Waals surface area contributed by atoms with Crippen LogP contribution in [0.25, 0.3) is 5.65 Å². The monoisotopic (exact) mass is 286 g/mol. The number of nitrogens with one attached hydrogen (secondary N) is 1. The molecule has 0 aliphatic heterocycles. The number of benzene rings is 1. The number of aromatic nitrogens is 3. The minimum absolute atomic E-state index is 0.260. The SMILES string of the molecule is Cc1ccc(Cl)cc1NC(=O)c1cnn2cccnc12. The normalized spacial score (nSPS) is 10.7. The van der Waals surface area contributed by atoms with Crippen LogP contribution in [0.2, 0.25) is 5.02 Å². The number of amides is 1. The Morgan fingerprint density at radius 3 is 3.10 bits per heavy atom. The van der Waals surface area contributed by atoms with Crippen molar-refractivity contribution in [2.75, 3.05) is 5.32 Å². The first-order valence-electron chi connectivity index (χ1n) is 6.01. The highest BCUT2D eigenvalue weighted by atomic mass is 35.5. The molecule has 1 N–H and O–H groups in total. The minimum atomic E-state index is -0.260. The van der Waals surface area contributed by atoms with Gasteiger partial charge >= 0.3 is 0 Å². The number of carbonyl (C=O) groups excluding carboxylic acids is 1. The van der Waals surface area contributed by atoms with Crippen LogP contribution in [0.4, 0.5) is 5.69 Å². The summed E-state index contributed by atoms with van der Waals surface area (Å²) in [5.74, 6) is -0.260. The summed E-state index contributed by atoms with van der Waals surface area (Å²) in [5.41, 5.74) is 2.56. The van der Waals surface area contributed by atoms with Gasteiger partial charge in [-0.1, -0.05) is 17.7 Å². The van der Waals surface area contributed by atoms with Crippen LogP contribution in [0.15, 0.2) is 42.9 Å². The highest BCUT2D eigenvalue weighted by Gasteiger charge is 2.14. The molecular formula is C14H11ClN4O. The molecule has 0 fully saturated rings. The van der Waals surface area contributed by atoms with E-state index in [4.69, 9.17) is 11.6 Å². The number of nitrogens with zero attached hydrogens (tertiary/aromatic N) is 3. The Bertz CT molecular complexity index is 797. The zero-order chi connectivity index (χ0) is 14.1. The van der Waals surface area contributed by atoms with E-state index in [9.17, 15) is 4.79 Å². The zero-order valence-electron chi connectivity index (χ0n) is 10.7. The summed E-state index contributed by atoms with van der Waals surface area (Å²) in [6.45, 7) is 1.90. The molecule has 6 heteroatoms. The van der Waals surface area contributed by atoms with Crippen molar-refractivity contribution in [3.8, 4) is 0 Å².